The fourth-order valence-corrected chi connectivity index (χ4v) is 2.98. The largest absolute Gasteiger partial charge is 0.372 e. The first-order valence-corrected chi connectivity index (χ1v) is 7.73. The molecule has 3 nitrogen and oxygen atoms in total. The number of hydrogen-bond donors (Lipinski definition) is 1. The molecule has 18 heavy (non-hydrogen) atoms. The minimum atomic E-state index is 0.454. The minimum Gasteiger partial charge on any atom is -0.372 e. The molecule has 1 aliphatic heterocycles. The predicted octanol–water partition coefficient (Wildman–Crippen LogP) is 2.12. The van der Waals surface area contributed by atoms with E-state index in [1.165, 1.54) is 32.2 Å². The Morgan fingerprint density at radius 2 is 1.94 bits per heavy atom. The van der Waals surface area contributed by atoms with E-state index < -0.39 is 0 Å². The van der Waals surface area contributed by atoms with Crippen molar-refractivity contribution in [1.82, 2.24) is 10.2 Å². The van der Waals surface area contributed by atoms with Gasteiger partial charge in [-0.2, -0.15) is 0 Å². The molecular formula is C15H30N2O. The molecule has 0 spiro atoms. The van der Waals surface area contributed by atoms with Crippen LogP contribution in [0.2, 0.25) is 0 Å². The standard InChI is InChI=1S/C15H30N2O/c1-4-7-16-9-14-5-6-15(18-14)11-17(3)10-13-8-12(13)2/h12-16H,4-11H2,1-3H3. The van der Waals surface area contributed by atoms with Crippen molar-refractivity contribution in [3.8, 4) is 0 Å². The molecular weight excluding hydrogens is 224 g/mol. The molecule has 2 rings (SSSR count). The Hall–Kier alpha value is -0.120. The smallest absolute Gasteiger partial charge is 0.0707 e. The Morgan fingerprint density at radius 1 is 1.22 bits per heavy atom. The van der Waals surface area contributed by atoms with Crippen LogP contribution in [-0.4, -0.2) is 50.3 Å². The maximum absolute atomic E-state index is 6.10. The van der Waals surface area contributed by atoms with E-state index in [0.717, 1.165) is 31.5 Å². The predicted molar refractivity (Wildman–Crippen MR) is 75.8 cm³/mol. The molecule has 0 bridgehead atoms. The topological polar surface area (TPSA) is 24.5 Å². The lowest BCUT2D eigenvalue weighted by atomic mass is 10.2. The van der Waals surface area contributed by atoms with E-state index in [0.29, 0.717) is 12.2 Å². The van der Waals surface area contributed by atoms with Crippen molar-refractivity contribution in [1.29, 1.82) is 0 Å². The quantitative estimate of drug-likeness (QED) is 0.672. The van der Waals surface area contributed by atoms with Gasteiger partial charge in [-0.25, -0.2) is 0 Å². The number of likely N-dealkylation sites (N-methyl/N-ethyl adjacent to an activating group) is 1. The van der Waals surface area contributed by atoms with Crippen LogP contribution in [-0.2, 0) is 4.74 Å². The average Bonchev–Trinajstić information content (AvgIpc) is 2.84. The fourth-order valence-electron chi connectivity index (χ4n) is 2.98. The number of nitrogens with one attached hydrogen (secondary N) is 1. The summed E-state index contributed by atoms with van der Waals surface area (Å²) in [5, 5.41) is 3.46. The monoisotopic (exact) mass is 254 g/mol. The van der Waals surface area contributed by atoms with Crippen LogP contribution in [0.5, 0.6) is 0 Å². The normalized spacial score (nSPS) is 35.3. The SMILES string of the molecule is CCCNCC1CCC(CN(C)CC2CC2C)O1. The summed E-state index contributed by atoms with van der Waals surface area (Å²) in [5.74, 6) is 1.92. The second kappa shape index (κ2) is 6.88. The summed E-state index contributed by atoms with van der Waals surface area (Å²) in [6, 6.07) is 0. The van der Waals surface area contributed by atoms with Crippen LogP contribution >= 0.6 is 0 Å². The van der Waals surface area contributed by atoms with Crippen molar-refractivity contribution >= 4 is 0 Å². The molecule has 0 amide bonds. The van der Waals surface area contributed by atoms with Crippen LogP contribution in [0.3, 0.4) is 0 Å². The molecule has 2 aliphatic rings. The molecule has 4 atom stereocenters. The van der Waals surface area contributed by atoms with Gasteiger partial charge in [-0.15, -0.1) is 0 Å². The highest BCUT2D eigenvalue weighted by molar-refractivity contribution is 4.85. The zero-order valence-corrected chi connectivity index (χ0v) is 12.3. The molecule has 1 saturated heterocycles. The van der Waals surface area contributed by atoms with Crippen LogP contribution in [0, 0.1) is 11.8 Å². The Kier molecular flexibility index (Phi) is 5.46. The molecule has 1 N–H and O–H groups in total. The van der Waals surface area contributed by atoms with E-state index in [-0.39, 0.29) is 0 Å². The lowest BCUT2D eigenvalue weighted by Gasteiger charge is -2.21. The van der Waals surface area contributed by atoms with Crippen molar-refractivity contribution in [2.24, 2.45) is 11.8 Å². The second-order valence-electron chi connectivity index (χ2n) is 6.36. The first-order chi connectivity index (χ1) is 8.69. The third-order valence-corrected chi connectivity index (χ3v) is 4.33. The van der Waals surface area contributed by atoms with E-state index >= 15 is 0 Å². The van der Waals surface area contributed by atoms with Crippen molar-refractivity contribution in [3.63, 3.8) is 0 Å². The molecule has 0 aromatic carbocycles. The highest BCUT2D eigenvalue weighted by Gasteiger charge is 2.34. The number of rotatable bonds is 8. The van der Waals surface area contributed by atoms with Crippen LogP contribution < -0.4 is 5.32 Å². The van der Waals surface area contributed by atoms with E-state index in [1.54, 1.807) is 0 Å². The van der Waals surface area contributed by atoms with Gasteiger partial charge in [0.05, 0.1) is 12.2 Å². The maximum Gasteiger partial charge on any atom is 0.0707 e. The van der Waals surface area contributed by atoms with Gasteiger partial charge in [0.25, 0.3) is 0 Å². The van der Waals surface area contributed by atoms with Crippen molar-refractivity contribution in [3.05, 3.63) is 0 Å². The highest BCUT2D eigenvalue weighted by Crippen LogP contribution is 2.38. The van der Waals surface area contributed by atoms with E-state index in [1.807, 2.05) is 0 Å². The molecule has 1 aliphatic carbocycles. The molecule has 0 radical (unpaired) electrons. The summed E-state index contributed by atoms with van der Waals surface area (Å²) >= 11 is 0. The Labute approximate surface area is 112 Å². The molecule has 4 unspecified atom stereocenters. The lowest BCUT2D eigenvalue weighted by Crippen LogP contribution is -2.33. The molecule has 3 heteroatoms. The third-order valence-electron chi connectivity index (χ3n) is 4.33. The Balaban J connectivity index is 1.57. The summed E-state index contributed by atoms with van der Waals surface area (Å²) in [7, 11) is 2.25. The molecule has 106 valence electrons. The van der Waals surface area contributed by atoms with Gasteiger partial charge in [0, 0.05) is 19.6 Å². The van der Waals surface area contributed by atoms with Gasteiger partial charge in [-0.05, 0) is 51.1 Å². The summed E-state index contributed by atoms with van der Waals surface area (Å²) in [6.07, 6.45) is 6.03. The van der Waals surface area contributed by atoms with Crippen LogP contribution in [0.4, 0.5) is 0 Å². The van der Waals surface area contributed by atoms with Gasteiger partial charge in [-0.3, -0.25) is 0 Å². The molecule has 0 aromatic heterocycles. The van der Waals surface area contributed by atoms with Crippen LogP contribution in [0.1, 0.15) is 39.5 Å². The first-order valence-electron chi connectivity index (χ1n) is 7.73. The van der Waals surface area contributed by atoms with Gasteiger partial charge in [-0.1, -0.05) is 13.8 Å². The average molecular weight is 254 g/mol. The van der Waals surface area contributed by atoms with Crippen molar-refractivity contribution < 1.29 is 4.74 Å². The molecule has 1 heterocycles. The summed E-state index contributed by atoms with van der Waals surface area (Å²) in [5.41, 5.74) is 0. The number of nitrogens with zero attached hydrogens (tertiary/aromatic N) is 1. The summed E-state index contributed by atoms with van der Waals surface area (Å²) in [6.45, 7) is 9.10. The Bertz CT molecular complexity index is 247. The van der Waals surface area contributed by atoms with Gasteiger partial charge in [0.2, 0.25) is 0 Å². The van der Waals surface area contributed by atoms with E-state index in [2.05, 4.69) is 31.1 Å². The van der Waals surface area contributed by atoms with Gasteiger partial charge < -0.3 is 15.0 Å². The third kappa shape index (κ3) is 4.52. The first kappa shape index (κ1) is 14.3. The molecule has 0 aromatic rings. The Morgan fingerprint density at radius 3 is 2.61 bits per heavy atom. The van der Waals surface area contributed by atoms with Crippen LogP contribution in [0.25, 0.3) is 0 Å². The molecule has 2 fully saturated rings. The van der Waals surface area contributed by atoms with E-state index in [9.17, 15) is 0 Å². The zero-order chi connectivity index (χ0) is 13.0. The van der Waals surface area contributed by atoms with Gasteiger partial charge >= 0.3 is 0 Å². The maximum atomic E-state index is 6.10. The van der Waals surface area contributed by atoms with Gasteiger partial charge in [0.15, 0.2) is 0 Å². The van der Waals surface area contributed by atoms with Crippen LogP contribution in [0.15, 0.2) is 0 Å². The fraction of sp³-hybridized carbons (Fsp3) is 1.00. The number of hydrogen-bond acceptors (Lipinski definition) is 3. The number of ether oxygens (including phenoxy) is 1. The van der Waals surface area contributed by atoms with E-state index in [4.69, 9.17) is 4.74 Å². The minimum absolute atomic E-state index is 0.454. The van der Waals surface area contributed by atoms with Crippen molar-refractivity contribution in [2.75, 3.05) is 33.2 Å². The second-order valence-corrected chi connectivity index (χ2v) is 6.36. The van der Waals surface area contributed by atoms with Gasteiger partial charge in [0.1, 0.15) is 0 Å². The van der Waals surface area contributed by atoms with Crippen molar-refractivity contribution in [2.45, 2.75) is 51.7 Å². The summed E-state index contributed by atoms with van der Waals surface area (Å²) in [4.78, 5) is 2.47. The zero-order valence-electron chi connectivity index (χ0n) is 12.3. The lowest BCUT2D eigenvalue weighted by molar-refractivity contribution is 0.0272. The molecule has 1 saturated carbocycles. The highest BCUT2D eigenvalue weighted by atomic mass is 16.5. The summed E-state index contributed by atoms with van der Waals surface area (Å²) < 4.78 is 6.10.